The van der Waals surface area contributed by atoms with E-state index < -0.39 is 5.41 Å². The van der Waals surface area contributed by atoms with Gasteiger partial charge in [0.2, 0.25) is 0 Å². The van der Waals surface area contributed by atoms with Crippen LogP contribution in [0, 0.1) is 0 Å². The summed E-state index contributed by atoms with van der Waals surface area (Å²) in [6, 6.07) is 71.5. The van der Waals surface area contributed by atoms with Crippen LogP contribution in [0.1, 0.15) is 22.3 Å². The molecule has 0 bridgehead atoms. The quantitative estimate of drug-likeness (QED) is 0.180. The minimum absolute atomic E-state index is 0.462. The summed E-state index contributed by atoms with van der Waals surface area (Å²) in [5.41, 5.74) is 14.5. The molecule has 0 unspecified atom stereocenters. The summed E-state index contributed by atoms with van der Waals surface area (Å²) in [6.45, 7) is 0. The normalized spacial score (nSPS) is 13.3. The summed E-state index contributed by atoms with van der Waals surface area (Å²) >= 11 is 0. The molecule has 8 aromatic carbocycles. The van der Waals surface area contributed by atoms with Gasteiger partial charge in [0.15, 0.2) is 0 Å². The van der Waals surface area contributed by atoms with Crippen LogP contribution < -0.4 is 0 Å². The second kappa shape index (κ2) is 10.7. The lowest BCUT2D eigenvalue weighted by Crippen LogP contribution is -2.28. The third kappa shape index (κ3) is 3.76. The van der Waals surface area contributed by atoms with Crippen LogP contribution in [-0.2, 0) is 5.41 Å². The van der Waals surface area contributed by atoms with Gasteiger partial charge in [-0.15, -0.1) is 0 Å². The van der Waals surface area contributed by atoms with Crippen LogP contribution in [0.25, 0.3) is 66.1 Å². The topological polar surface area (TPSA) is 9.86 Å². The van der Waals surface area contributed by atoms with Crippen LogP contribution >= 0.6 is 0 Å². The summed E-state index contributed by atoms with van der Waals surface area (Å²) in [5, 5.41) is 5.04. The molecule has 0 aliphatic heterocycles. The number of para-hydroxylation sites is 3. The number of hydrogen-bond acceptors (Lipinski definition) is 0. The lowest BCUT2D eigenvalue weighted by atomic mass is 9.67. The van der Waals surface area contributed by atoms with Crippen molar-refractivity contribution >= 4 is 43.6 Å². The number of hydrogen-bond donors (Lipinski definition) is 0. The third-order valence-electron chi connectivity index (χ3n) is 11.2. The molecule has 11 rings (SSSR count). The molecule has 2 heteroatoms. The minimum Gasteiger partial charge on any atom is -0.309 e. The minimum atomic E-state index is -0.462. The first-order valence-corrected chi connectivity index (χ1v) is 17.7. The summed E-state index contributed by atoms with van der Waals surface area (Å²) in [5.74, 6) is 0. The van der Waals surface area contributed by atoms with E-state index in [1.54, 1.807) is 0 Å². The van der Waals surface area contributed by atoms with Crippen molar-refractivity contribution in [2.75, 3.05) is 0 Å². The molecule has 0 amide bonds. The average molecular weight is 649 g/mol. The Hall–Kier alpha value is -6.64. The predicted molar refractivity (Wildman–Crippen MR) is 212 cm³/mol. The predicted octanol–water partition coefficient (Wildman–Crippen LogP) is 12.2. The summed E-state index contributed by atoms with van der Waals surface area (Å²) in [4.78, 5) is 0. The maximum atomic E-state index is 2.48. The second-order valence-electron chi connectivity index (χ2n) is 13.7. The van der Waals surface area contributed by atoms with E-state index in [9.17, 15) is 0 Å². The molecule has 1 aliphatic carbocycles. The maximum Gasteiger partial charge on any atom is 0.0714 e. The van der Waals surface area contributed by atoms with Crippen LogP contribution in [0.4, 0.5) is 0 Å². The molecule has 0 radical (unpaired) electrons. The molecule has 2 aromatic heterocycles. The zero-order valence-electron chi connectivity index (χ0n) is 27.9. The highest BCUT2D eigenvalue weighted by atomic mass is 15.0. The van der Waals surface area contributed by atoms with E-state index in [4.69, 9.17) is 0 Å². The van der Waals surface area contributed by atoms with Crippen molar-refractivity contribution in [1.82, 2.24) is 9.13 Å². The van der Waals surface area contributed by atoms with Gasteiger partial charge in [-0.2, -0.15) is 0 Å². The fourth-order valence-corrected chi connectivity index (χ4v) is 9.22. The lowest BCUT2D eigenvalue weighted by molar-refractivity contribution is 0.767. The fourth-order valence-electron chi connectivity index (χ4n) is 9.22. The number of aromatic nitrogens is 2. The third-order valence-corrected chi connectivity index (χ3v) is 11.2. The molecule has 2 nitrogen and oxygen atoms in total. The van der Waals surface area contributed by atoms with E-state index in [1.165, 1.54) is 82.7 Å². The Labute approximate surface area is 296 Å². The molecule has 0 fully saturated rings. The Kier molecular flexibility index (Phi) is 5.91. The van der Waals surface area contributed by atoms with Crippen molar-refractivity contribution in [3.63, 3.8) is 0 Å². The number of rotatable bonds is 4. The lowest BCUT2D eigenvalue weighted by Gasteiger charge is -2.34. The van der Waals surface area contributed by atoms with Gasteiger partial charge >= 0.3 is 0 Å². The monoisotopic (exact) mass is 648 g/mol. The molecule has 0 N–H and O–H groups in total. The number of nitrogens with zero attached hydrogens (tertiary/aromatic N) is 2. The standard InChI is InChI=1S/C49H32N2/c1-3-16-33(17-4-1)49(42-26-11-7-22-37(42)38-23-8-12-27-43(38)49)34-18-15-21-36(32-34)50-45-29-14-10-25-41(45)47-46(50)31-30-40-39-24-9-13-28-44(39)51(48(40)47)35-19-5-2-6-20-35/h1-32H. The van der Waals surface area contributed by atoms with E-state index in [0.29, 0.717) is 0 Å². The highest BCUT2D eigenvalue weighted by molar-refractivity contribution is 6.26. The van der Waals surface area contributed by atoms with E-state index in [0.717, 1.165) is 5.69 Å². The van der Waals surface area contributed by atoms with Crippen LogP contribution in [-0.4, -0.2) is 9.13 Å². The molecule has 1 aliphatic rings. The molecule has 0 spiro atoms. The summed E-state index contributed by atoms with van der Waals surface area (Å²) in [6.07, 6.45) is 0. The molecule has 10 aromatic rings. The van der Waals surface area contributed by atoms with Crippen molar-refractivity contribution in [3.05, 3.63) is 216 Å². The molecule has 0 saturated heterocycles. The average Bonchev–Trinajstić information content (AvgIpc) is 3.83. The van der Waals surface area contributed by atoms with Crippen molar-refractivity contribution in [2.24, 2.45) is 0 Å². The zero-order valence-corrected chi connectivity index (χ0v) is 27.9. The second-order valence-corrected chi connectivity index (χ2v) is 13.7. The van der Waals surface area contributed by atoms with Crippen molar-refractivity contribution in [2.45, 2.75) is 5.41 Å². The summed E-state index contributed by atoms with van der Waals surface area (Å²) in [7, 11) is 0. The molecule has 51 heavy (non-hydrogen) atoms. The van der Waals surface area contributed by atoms with Crippen molar-refractivity contribution < 1.29 is 0 Å². The Balaban J connectivity index is 1.25. The van der Waals surface area contributed by atoms with Gasteiger partial charge in [0, 0.05) is 32.9 Å². The Morgan fingerprint density at radius 1 is 0.333 bits per heavy atom. The SMILES string of the molecule is c1ccc(-n2c3ccccc3c3ccc4c(c5ccccc5n4-c4cccc(C5(c6ccccc6)c6ccccc6-c6ccccc65)c4)c32)cc1. The van der Waals surface area contributed by atoms with Gasteiger partial charge in [0.25, 0.3) is 0 Å². The zero-order chi connectivity index (χ0) is 33.5. The smallest absolute Gasteiger partial charge is 0.0714 e. The van der Waals surface area contributed by atoms with E-state index in [1.807, 2.05) is 0 Å². The Morgan fingerprint density at radius 2 is 0.882 bits per heavy atom. The fraction of sp³-hybridized carbons (Fsp3) is 0.0204. The van der Waals surface area contributed by atoms with Crippen molar-refractivity contribution in [1.29, 1.82) is 0 Å². The summed E-state index contributed by atoms with van der Waals surface area (Å²) < 4.78 is 4.93. The largest absolute Gasteiger partial charge is 0.309 e. The molecule has 2 heterocycles. The first-order valence-electron chi connectivity index (χ1n) is 17.7. The van der Waals surface area contributed by atoms with E-state index >= 15 is 0 Å². The molecule has 0 atom stereocenters. The first-order chi connectivity index (χ1) is 25.3. The van der Waals surface area contributed by atoms with Gasteiger partial charge < -0.3 is 9.13 Å². The Morgan fingerprint density at radius 3 is 1.61 bits per heavy atom. The van der Waals surface area contributed by atoms with Crippen LogP contribution in [0.3, 0.4) is 0 Å². The molecular weight excluding hydrogens is 617 g/mol. The van der Waals surface area contributed by atoms with E-state index in [-0.39, 0.29) is 0 Å². The Bertz CT molecular complexity index is 2920. The van der Waals surface area contributed by atoms with Crippen LogP contribution in [0.2, 0.25) is 0 Å². The molecule has 238 valence electrons. The molecular formula is C49H32N2. The van der Waals surface area contributed by atoms with Gasteiger partial charge in [-0.3, -0.25) is 0 Å². The number of fused-ring (bicyclic) bond motifs is 10. The highest BCUT2D eigenvalue weighted by Gasteiger charge is 2.46. The van der Waals surface area contributed by atoms with Gasteiger partial charge in [0.1, 0.15) is 0 Å². The van der Waals surface area contributed by atoms with Gasteiger partial charge in [-0.1, -0.05) is 152 Å². The van der Waals surface area contributed by atoms with E-state index in [2.05, 4.69) is 203 Å². The van der Waals surface area contributed by atoms with Crippen molar-refractivity contribution in [3.8, 4) is 22.5 Å². The van der Waals surface area contributed by atoms with Crippen LogP contribution in [0.5, 0.6) is 0 Å². The van der Waals surface area contributed by atoms with Crippen LogP contribution in [0.15, 0.2) is 194 Å². The van der Waals surface area contributed by atoms with Gasteiger partial charge in [0.05, 0.1) is 27.5 Å². The highest BCUT2D eigenvalue weighted by Crippen LogP contribution is 2.56. The van der Waals surface area contributed by atoms with Gasteiger partial charge in [-0.05, 0) is 75.8 Å². The van der Waals surface area contributed by atoms with Gasteiger partial charge in [-0.25, -0.2) is 0 Å². The maximum absolute atomic E-state index is 2.48. The number of benzene rings is 8. The first kappa shape index (κ1) is 28.2. The molecule has 0 saturated carbocycles.